The molecule has 0 fully saturated rings. The van der Waals surface area contributed by atoms with Gasteiger partial charge in [-0.3, -0.25) is 9.89 Å². The molecular formula is C20H21N3O4. The van der Waals surface area contributed by atoms with Gasteiger partial charge in [0.1, 0.15) is 11.4 Å². The summed E-state index contributed by atoms with van der Waals surface area (Å²) in [5.41, 5.74) is 2.96. The smallest absolute Gasteiger partial charge is 0.275 e. The number of hydrogen-bond donors (Lipinski definition) is 1. The summed E-state index contributed by atoms with van der Waals surface area (Å²) in [5.74, 6) is 1.31. The van der Waals surface area contributed by atoms with Crippen molar-refractivity contribution in [3.8, 4) is 17.2 Å². The number of fused-ring (bicyclic) bond motifs is 1. The van der Waals surface area contributed by atoms with Crippen LogP contribution in [-0.2, 0) is 4.74 Å². The summed E-state index contributed by atoms with van der Waals surface area (Å²) in [6.45, 7) is 1.16. The number of carbonyl (C=O) groups excluding carboxylic acids is 1. The molecule has 1 aliphatic rings. The molecule has 0 aliphatic carbocycles. The third-order valence-corrected chi connectivity index (χ3v) is 4.78. The van der Waals surface area contributed by atoms with E-state index in [1.807, 2.05) is 41.3 Å². The molecule has 1 atom stereocenters. The van der Waals surface area contributed by atoms with Gasteiger partial charge in [0, 0.05) is 25.8 Å². The molecule has 3 heterocycles. The first-order chi connectivity index (χ1) is 13.2. The molecule has 1 unspecified atom stereocenters. The maximum absolute atomic E-state index is 13.1. The highest BCUT2D eigenvalue weighted by Crippen LogP contribution is 2.43. The van der Waals surface area contributed by atoms with Gasteiger partial charge in [0.25, 0.3) is 5.91 Å². The van der Waals surface area contributed by atoms with Crippen LogP contribution in [0.3, 0.4) is 0 Å². The van der Waals surface area contributed by atoms with Gasteiger partial charge in [0.05, 0.1) is 19.4 Å². The van der Waals surface area contributed by atoms with Crippen molar-refractivity contribution in [2.45, 2.75) is 12.5 Å². The average molecular weight is 367 g/mol. The van der Waals surface area contributed by atoms with Crippen LogP contribution in [0.4, 0.5) is 0 Å². The lowest BCUT2D eigenvalue weighted by atomic mass is 9.97. The number of aromatic amines is 1. The van der Waals surface area contributed by atoms with Crippen LogP contribution in [0.25, 0.3) is 11.5 Å². The highest BCUT2D eigenvalue weighted by molar-refractivity contribution is 5.99. The third-order valence-electron chi connectivity index (χ3n) is 4.78. The van der Waals surface area contributed by atoms with E-state index in [-0.39, 0.29) is 11.9 Å². The first-order valence-electron chi connectivity index (χ1n) is 8.80. The zero-order valence-electron chi connectivity index (χ0n) is 15.3. The van der Waals surface area contributed by atoms with Crippen LogP contribution in [0.1, 0.15) is 34.1 Å². The Morgan fingerprint density at radius 3 is 2.89 bits per heavy atom. The fraction of sp³-hybridized carbons (Fsp3) is 0.300. The quantitative estimate of drug-likeness (QED) is 0.648. The summed E-state index contributed by atoms with van der Waals surface area (Å²) in [4.78, 5) is 14.9. The number of ether oxygens (including phenoxy) is 2. The number of H-pyrrole nitrogens is 1. The highest BCUT2D eigenvalue weighted by atomic mass is 16.5. The second-order valence-electron chi connectivity index (χ2n) is 6.36. The lowest BCUT2D eigenvalue weighted by molar-refractivity contribution is 0.0723. The molecule has 27 heavy (non-hydrogen) atoms. The topological polar surface area (TPSA) is 80.6 Å². The van der Waals surface area contributed by atoms with Crippen molar-refractivity contribution in [1.29, 1.82) is 0 Å². The Morgan fingerprint density at radius 2 is 2.15 bits per heavy atom. The third kappa shape index (κ3) is 3.00. The van der Waals surface area contributed by atoms with E-state index in [9.17, 15) is 4.79 Å². The van der Waals surface area contributed by atoms with Gasteiger partial charge in [0.15, 0.2) is 11.5 Å². The molecule has 1 aliphatic heterocycles. The van der Waals surface area contributed by atoms with Crippen molar-refractivity contribution in [1.82, 2.24) is 15.1 Å². The summed E-state index contributed by atoms with van der Waals surface area (Å²) in [7, 11) is 3.29. The molecule has 3 aromatic rings. The van der Waals surface area contributed by atoms with E-state index in [0.717, 1.165) is 29.0 Å². The largest absolute Gasteiger partial charge is 0.497 e. The van der Waals surface area contributed by atoms with Crippen molar-refractivity contribution >= 4 is 5.91 Å². The number of hydrogen-bond acceptors (Lipinski definition) is 5. The molecule has 0 spiro atoms. The van der Waals surface area contributed by atoms with Crippen LogP contribution >= 0.6 is 0 Å². The fourth-order valence-corrected chi connectivity index (χ4v) is 3.57. The molecule has 2 aromatic heterocycles. The molecule has 1 aromatic carbocycles. The first-order valence-corrected chi connectivity index (χ1v) is 8.80. The molecule has 1 amide bonds. The Balaban J connectivity index is 1.81. The zero-order valence-corrected chi connectivity index (χ0v) is 15.3. The van der Waals surface area contributed by atoms with Crippen molar-refractivity contribution in [2.24, 2.45) is 0 Å². The Hall–Kier alpha value is -3.06. The molecule has 1 N–H and O–H groups in total. The molecule has 140 valence electrons. The lowest BCUT2D eigenvalue weighted by Crippen LogP contribution is -2.31. The number of nitrogens with zero attached hydrogens (tertiary/aromatic N) is 2. The molecule has 7 heteroatoms. The minimum absolute atomic E-state index is 0.0945. The van der Waals surface area contributed by atoms with Gasteiger partial charge in [-0.1, -0.05) is 12.1 Å². The normalized spacial score (nSPS) is 16.0. The van der Waals surface area contributed by atoms with Crippen LogP contribution in [0.15, 0.2) is 47.1 Å². The van der Waals surface area contributed by atoms with E-state index >= 15 is 0 Å². The SMILES string of the molecule is COCCCN1C(=O)c2n[nH]c(-c3ccco3)c2C1c1cccc(OC)c1. The summed E-state index contributed by atoms with van der Waals surface area (Å²) >= 11 is 0. The Bertz CT molecular complexity index is 933. The predicted octanol–water partition coefficient (Wildman–Crippen LogP) is 3.26. The van der Waals surface area contributed by atoms with Gasteiger partial charge in [-0.2, -0.15) is 5.10 Å². The van der Waals surface area contributed by atoms with Crippen LogP contribution < -0.4 is 4.74 Å². The van der Waals surface area contributed by atoms with Crippen molar-refractivity contribution in [3.05, 3.63) is 59.5 Å². The van der Waals surface area contributed by atoms with Crippen molar-refractivity contribution in [3.63, 3.8) is 0 Å². The van der Waals surface area contributed by atoms with E-state index in [4.69, 9.17) is 13.9 Å². The van der Waals surface area contributed by atoms with Gasteiger partial charge in [-0.25, -0.2) is 0 Å². The number of furan rings is 1. The van der Waals surface area contributed by atoms with E-state index in [0.29, 0.717) is 24.6 Å². The second kappa shape index (κ2) is 7.28. The maximum Gasteiger partial charge on any atom is 0.275 e. The highest BCUT2D eigenvalue weighted by Gasteiger charge is 2.42. The molecule has 4 rings (SSSR count). The van der Waals surface area contributed by atoms with Crippen LogP contribution in [0.5, 0.6) is 5.75 Å². The molecular weight excluding hydrogens is 346 g/mol. The Morgan fingerprint density at radius 1 is 1.26 bits per heavy atom. The van der Waals surface area contributed by atoms with Crippen LogP contribution in [-0.4, -0.2) is 48.4 Å². The standard InChI is InChI=1S/C20H21N3O4/c1-25-10-5-9-23-19(13-6-3-7-14(12-13)26-2)16-17(15-8-4-11-27-15)21-22-18(16)20(23)24/h3-4,6-8,11-12,19H,5,9-10H2,1-2H3,(H,21,22). The van der Waals surface area contributed by atoms with E-state index in [1.54, 1.807) is 20.5 Å². The second-order valence-corrected chi connectivity index (χ2v) is 6.36. The number of carbonyl (C=O) groups is 1. The average Bonchev–Trinajstić information content (AvgIpc) is 3.41. The number of benzene rings is 1. The molecule has 0 saturated carbocycles. The van der Waals surface area contributed by atoms with Crippen molar-refractivity contribution < 1.29 is 18.7 Å². The fourth-order valence-electron chi connectivity index (χ4n) is 3.57. The number of amides is 1. The van der Waals surface area contributed by atoms with Gasteiger partial charge in [0.2, 0.25) is 0 Å². The molecule has 0 bridgehead atoms. The monoisotopic (exact) mass is 367 g/mol. The molecule has 0 saturated heterocycles. The van der Waals surface area contributed by atoms with Gasteiger partial charge < -0.3 is 18.8 Å². The molecule has 7 nitrogen and oxygen atoms in total. The minimum atomic E-state index is -0.265. The number of nitrogens with one attached hydrogen (secondary N) is 1. The van der Waals surface area contributed by atoms with Crippen molar-refractivity contribution in [2.75, 3.05) is 27.4 Å². The molecule has 0 radical (unpaired) electrons. The predicted molar refractivity (Wildman–Crippen MR) is 98.7 cm³/mol. The van der Waals surface area contributed by atoms with E-state index in [2.05, 4.69) is 10.2 Å². The van der Waals surface area contributed by atoms with Gasteiger partial charge in [-0.15, -0.1) is 0 Å². The first kappa shape index (κ1) is 17.4. The Labute approximate surface area is 156 Å². The number of aromatic nitrogens is 2. The van der Waals surface area contributed by atoms with E-state index in [1.165, 1.54) is 0 Å². The maximum atomic E-state index is 13.1. The number of methoxy groups -OCH3 is 2. The van der Waals surface area contributed by atoms with E-state index < -0.39 is 0 Å². The number of rotatable bonds is 7. The zero-order chi connectivity index (χ0) is 18.8. The van der Waals surface area contributed by atoms with Gasteiger partial charge >= 0.3 is 0 Å². The van der Waals surface area contributed by atoms with Crippen LogP contribution in [0, 0.1) is 0 Å². The van der Waals surface area contributed by atoms with Crippen LogP contribution in [0.2, 0.25) is 0 Å². The lowest BCUT2D eigenvalue weighted by Gasteiger charge is -2.26. The summed E-state index contributed by atoms with van der Waals surface area (Å²) < 4.78 is 16.1. The van der Waals surface area contributed by atoms with Gasteiger partial charge in [-0.05, 0) is 36.2 Å². The Kier molecular flexibility index (Phi) is 4.68. The summed E-state index contributed by atoms with van der Waals surface area (Å²) in [6.07, 6.45) is 2.35. The summed E-state index contributed by atoms with van der Waals surface area (Å²) in [5, 5.41) is 7.27. The summed E-state index contributed by atoms with van der Waals surface area (Å²) in [6, 6.07) is 11.2. The minimum Gasteiger partial charge on any atom is -0.497 e.